The fourth-order valence-corrected chi connectivity index (χ4v) is 3.01. The second-order valence-electron chi connectivity index (χ2n) is 5.60. The Morgan fingerprint density at radius 1 is 1.30 bits per heavy atom. The first kappa shape index (κ1) is 13.1. The lowest BCUT2D eigenvalue weighted by Gasteiger charge is -2.20. The summed E-state index contributed by atoms with van der Waals surface area (Å²) in [5.74, 6) is 1.62. The Morgan fingerprint density at radius 3 is 2.65 bits per heavy atom. The van der Waals surface area contributed by atoms with Crippen LogP contribution in [0.25, 0.3) is 0 Å². The molecule has 3 rings (SSSR count). The van der Waals surface area contributed by atoms with E-state index in [1.54, 1.807) is 12.1 Å². The Hall–Kier alpha value is -1.91. The lowest BCUT2D eigenvalue weighted by molar-refractivity contribution is 0.0927. The van der Waals surface area contributed by atoms with Crippen LogP contribution in [-0.2, 0) is 0 Å². The lowest BCUT2D eigenvalue weighted by Crippen LogP contribution is -2.37. The molecule has 0 spiro atoms. The molecule has 0 bridgehead atoms. The fourth-order valence-electron chi connectivity index (χ4n) is 3.01. The largest absolute Gasteiger partial charge is 0.454 e. The molecule has 108 valence electrons. The molecule has 0 saturated heterocycles. The molecule has 1 aromatic rings. The predicted molar refractivity (Wildman–Crippen MR) is 75.9 cm³/mol. The maximum atomic E-state index is 12.3. The third-order valence-corrected chi connectivity index (χ3v) is 4.26. The van der Waals surface area contributed by atoms with Gasteiger partial charge < -0.3 is 20.5 Å². The second-order valence-corrected chi connectivity index (χ2v) is 5.60. The van der Waals surface area contributed by atoms with Gasteiger partial charge in [0.05, 0.1) is 5.56 Å². The van der Waals surface area contributed by atoms with E-state index in [0.29, 0.717) is 28.7 Å². The summed E-state index contributed by atoms with van der Waals surface area (Å²) in [7, 11) is 0. The SMILES string of the molecule is CC(NC(=O)c1cc2c(cc1N)OCO2)C1CCCC1. The van der Waals surface area contributed by atoms with Crippen molar-refractivity contribution < 1.29 is 14.3 Å². The first-order valence-electron chi connectivity index (χ1n) is 7.15. The Kier molecular flexibility index (Phi) is 3.42. The van der Waals surface area contributed by atoms with Crippen molar-refractivity contribution in [3.05, 3.63) is 17.7 Å². The molecule has 3 N–H and O–H groups in total. The van der Waals surface area contributed by atoms with E-state index in [0.717, 1.165) is 0 Å². The molecule has 20 heavy (non-hydrogen) atoms. The number of benzene rings is 1. The van der Waals surface area contributed by atoms with Gasteiger partial charge in [-0.2, -0.15) is 0 Å². The Bertz CT molecular complexity index is 524. The number of carbonyl (C=O) groups is 1. The highest BCUT2D eigenvalue weighted by atomic mass is 16.7. The van der Waals surface area contributed by atoms with Crippen molar-refractivity contribution in [3.63, 3.8) is 0 Å². The van der Waals surface area contributed by atoms with Crippen LogP contribution in [0.3, 0.4) is 0 Å². The molecular formula is C15H20N2O3. The molecule has 1 fully saturated rings. The average Bonchev–Trinajstić information content (AvgIpc) is 3.08. The van der Waals surface area contributed by atoms with E-state index in [9.17, 15) is 4.79 Å². The van der Waals surface area contributed by atoms with Gasteiger partial charge in [-0.1, -0.05) is 12.8 Å². The topological polar surface area (TPSA) is 73.6 Å². The summed E-state index contributed by atoms with van der Waals surface area (Å²) in [5, 5.41) is 3.05. The van der Waals surface area contributed by atoms with E-state index >= 15 is 0 Å². The van der Waals surface area contributed by atoms with Crippen LogP contribution in [0.5, 0.6) is 11.5 Å². The van der Waals surface area contributed by atoms with Gasteiger partial charge in [0.15, 0.2) is 11.5 Å². The summed E-state index contributed by atoms with van der Waals surface area (Å²) in [6, 6.07) is 3.49. The zero-order valence-electron chi connectivity index (χ0n) is 11.6. The normalized spacial score (nSPS) is 19.1. The highest BCUT2D eigenvalue weighted by Gasteiger charge is 2.25. The van der Waals surface area contributed by atoms with E-state index in [1.807, 2.05) is 0 Å². The second kappa shape index (κ2) is 5.23. The number of amides is 1. The zero-order chi connectivity index (χ0) is 14.1. The number of fused-ring (bicyclic) bond motifs is 1. The highest BCUT2D eigenvalue weighted by molar-refractivity contribution is 6.00. The van der Waals surface area contributed by atoms with Crippen molar-refractivity contribution >= 4 is 11.6 Å². The van der Waals surface area contributed by atoms with Gasteiger partial charge in [-0.3, -0.25) is 4.79 Å². The zero-order valence-corrected chi connectivity index (χ0v) is 11.6. The van der Waals surface area contributed by atoms with Crippen LogP contribution in [-0.4, -0.2) is 18.7 Å². The van der Waals surface area contributed by atoms with Gasteiger partial charge in [-0.25, -0.2) is 0 Å². The first-order valence-corrected chi connectivity index (χ1v) is 7.15. The van der Waals surface area contributed by atoms with E-state index in [2.05, 4.69) is 12.2 Å². The monoisotopic (exact) mass is 276 g/mol. The number of rotatable bonds is 3. The maximum Gasteiger partial charge on any atom is 0.253 e. The van der Waals surface area contributed by atoms with Crippen LogP contribution < -0.4 is 20.5 Å². The third kappa shape index (κ3) is 2.40. The smallest absolute Gasteiger partial charge is 0.253 e. The quantitative estimate of drug-likeness (QED) is 0.831. The number of hydrogen-bond donors (Lipinski definition) is 2. The van der Waals surface area contributed by atoms with Gasteiger partial charge in [0.25, 0.3) is 5.91 Å². The molecule has 0 aromatic heterocycles. The minimum absolute atomic E-state index is 0.139. The standard InChI is InChI=1S/C15H20N2O3/c1-9(10-4-2-3-5-10)17-15(18)11-6-13-14(7-12(11)16)20-8-19-13/h6-7,9-10H,2-5,8,16H2,1H3,(H,17,18). The summed E-state index contributed by atoms with van der Waals surface area (Å²) in [6.45, 7) is 2.25. The Labute approximate surface area is 118 Å². The molecule has 1 atom stereocenters. The predicted octanol–water partition coefficient (Wildman–Crippen LogP) is 2.31. The number of ether oxygens (including phenoxy) is 2. The summed E-state index contributed by atoms with van der Waals surface area (Å²) in [6.07, 6.45) is 4.91. The number of nitrogen functional groups attached to an aromatic ring is 1. The van der Waals surface area contributed by atoms with Crippen molar-refractivity contribution in [2.24, 2.45) is 5.92 Å². The van der Waals surface area contributed by atoms with E-state index < -0.39 is 0 Å². The number of carbonyl (C=O) groups excluding carboxylic acids is 1. The number of hydrogen-bond acceptors (Lipinski definition) is 4. The summed E-state index contributed by atoms with van der Waals surface area (Å²) >= 11 is 0. The fraction of sp³-hybridized carbons (Fsp3) is 0.533. The molecule has 1 aromatic carbocycles. The van der Waals surface area contributed by atoms with Gasteiger partial charge in [-0.05, 0) is 31.7 Å². The molecule has 0 radical (unpaired) electrons. The van der Waals surface area contributed by atoms with Crippen molar-refractivity contribution in [1.82, 2.24) is 5.32 Å². The van der Waals surface area contributed by atoms with Gasteiger partial charge in [0.2, 0.25) is 6.79 Å². The molecule has 1 amide bonds. The van der Waals surface area contributed by atoms with Crippen LogP contribution in [0.2, 0.25) is 0 Å². The number of nitrogens with one attached hydrogen (secondary N) is 1. The van der Waals surface area contributed by atoms with Crippen LogP contribution in [0.4, 0.5) is 5.69 Å². The molecule has 1 saturated carbocycles. The Balaban J connectivity index is 1.73. The molecule has 2 aliphatic rings. The molecular weight excluding hydrogens is 256 g/mol. The molecule has 5 heteroatoms. The maximum absolute atomic E-state index is 12.3. The van der Waals surface area contributed by atoms with Gasteiger partial charge in [0.1, 0.15) is 0 Å². The van der Waals surface area contributed by atoms with Crippen LogP contribution in [0, 0.1) is 5.92 Å². The van der Waals surface area contributed by atoms with Crippen molar-refractivity contribution in [1.29, 1.82) is 0 Å². The minimum Gasteiger partial charge on any atom is -0.454 e. The van der Waals surface area contributed by atoms with Crippen molar-refractivity contribution in [2.75, 3.05) is 12.5 Å². The van der Waals surface area contributed by atoms with E-state index in [-0.39, 0.29) is 18.7 Å². The van der Waals surface area contributed by atoms with Crippen molar-refractivity contribution in [3.8, 4) is 11.5 Å². The molecule has 1 aliphatic heterocycles. The number of nitrogens with two attached hydrogens (primary N) is 1. The molecule has 1 unspecified atom stereocenters. The molecule has 5 nitrogen and oxygen atoms in total. The van der Waals surface area contributed by atoms with E-state index in [4.69, 9.17) is 15.2 Å². The van der Waals surface area contributed by atoms with Crippen LogP contribution >= 0.6 is 0 Å². The molecule has 1 heterocycles. The minimum atomic E-state index is -0.139. The van der Waals surface area contributed by atoms with Crippen LogP contribution in [0.15, 0.2) is 12.1 Å². The van der Waals surface area contributed by atoms with Gasteiger partial charge >= 0.3 is 0 Å². The number of anilines is 1. The third-order valence-electron chi connectivity index (χ3n) is 4.26. The summed E-state index contributed by atoms with van der Waals surface area (Å²) in [5.41, 5.74) is 6.81. The van der Waals surface area contributed by atoms with Crippen LogP contribution in [0.1, 0.15) is 43.0 Å². The van der Waals surface area contributed by atoms with Crippen molar-refractivity contribution in [2.45, 2.75) is 38.6 Å². The Morgan fingerprint density at radius 2 is 1.95 bits per heavy atom. The average molecular weight is 276 g/mol. The lowest BCUT2D eigenvalue weighted by atomic mass is 9.99. The van der Waals surface area contributed by atoms with Gasteiger partial charge in [-0.15, -0.1) is 0 Å². The molecule has 1 aliphatic carbocycles. The van der Waals surface area contributed by atoms with Gasteiger partial charge in [0, 0.05) is 17.8 Å². The van der Waals surface area contributed by atoms with E-state index in [1.165, 1.54) is 25.7 Å². The summed E-state index contributed by atoms with van der Waals surface area (Å²) < 4.78 is 10.5. The first-order chi connectivity index (χ1) is 9.65. The highest BCUT2D eigenvalue weighted by Crippen LogP contribution is 2.36. The summed E-state index contributed by atoms with van der Waals surface area (Å²) in [4.78, 5) is 12.3.